The lowest BCUT2D eigenvalue weighted by atomic mass is 10.1. The van der Waals surface area contributed by atoms with Crippen molar-refractivity contribution >= 4 is 21.6 Å². The lowest BCUT2D eigenvalue weighted by Gasteiger charge is -2.10. The number of carbonyl (C=O) groups excluding carboxylic acids is 1. The van der Waals surface area contributed by atoms with Crippen LogP contribution in [0.4, 0.5) is 5.69 Å². The van der Waals surface area contributed by atoms with Gasteiger partial charge in [-0.1, -0.05) is 39.0 Å². The van der Waals surface area contributed by atoms with Crippen molar-refractivity contribution in [3.05, 3.63) is 59.7 Å². The standard InChI is InChI=1S/C20H26N2O3S/c1-4-16-8-10-18(11-9-16)22-20(23)17-6-5-7-19(14-17)26(24,25)21-13-12-15(2)3/h5-11,14-15,21H,4,12-13H2,1-3H3,(H,22,23). The summed E-state index contributed by atoms with van der Waals surface area (Å²) >= 11 is 0. The highest BCUT2D eigenvalue weighted by molar-refractivity contribution is 7.89. The Morgan fingerprint density at radius 1 is 1.08 bits per heavy atom. The third-order valence-electron chi connectivity index (χ3n) is 4.04. The van der Waals surface area contributed by atoms with Gasteiger partial charge in [-0.15, -0.1) is 0 Å². The van der Waals surface area contributed by atoms with Crippen LogP contribution in [0, 0.1) is 5.92 Å². The van der Waals surface area contributed by atoms with Gasteiger partial charge in [-0.2, -0.15) is 0 Å². The second-order valence-electron chi connectivity index (χ2n) is 6.61. The number of hydrogen-bond acceptors (Lipinski definition) is 3. The van der Waals surface area contributed by atoms with E-state index in [9.17, 15) is 13.2 Å². The largest absolute Gasteiger partial charge is 0.322 e. The summed E-state index contributed by atoms with van der Waals surface area (Å²) in [5, 5.41) is 2.79. The number of aryl methyl sites for hydroxylation is 1. The smallest absolute Gasteiger partial charge is 0.255 e. The van der Waals surface area contributed by atoms with Crippen LogP contribution < -0.4 is 10.0 Å². The quantitative estimate of drug-likeness (QED) is 0.737. The molecule has 0 aliphatic heterocycles. The molecule has 26 heavy (non-hydrogen) atoms. The zero-order valence-corrected chi connectivity index (χ0v) is 16.3. The molecule has 0 unspecified atom stereocenters. The summed E-state index contributed by atoms with van der Waals surface area (Å²) in [6.45, 7) is 6.51. The molecule has 1 amide bonds. The molecule has 2 rings (SSSR count). The highest BCUT2D eigenvalue weighted by Gasteiger charge is 2.16. The van der Waals surface area contributed by atoms with Crippen molar-refractivity contribution in [2.24, 2.45) is 5.92 Å². The first-order valence-electron chi connectivity index (χ1n) is 8.82. The number of hydrogen-bond donors (Lipinski definition) is 2. The van der Waals surface area contributed by atoms with Crippen LogP contribution in [-0.4, -0.2) is 20.9 Å². The van der Waals surface area contributed by atoms with Crippen LogP contribution in [0.1, 0.15) is 43.1 Å². The molecule has 0 radical (unpaired) electrons. The Morgan fingerprint density at radius 3 is 2.38 bits per heavy atom. The van der Waals surface area contributed by atoms with E-state index in [2.05, 4.69) is 17.0 Å². The number of amides is 1. The fourth-order valence-corrected chi connectivity index (χ4v) is 3.49. The first kappa shape index (κ1) is 20.1. The summed E-state index contributed by atoms with van der Waals surface area (Å²) in [6, 6.07) is 13.6. The van der Waals surface area contributed by atoms with Gasteiger partial charge in [0.15, 0.2) is 0 Å². The molecule has 0 saturated heterocycles. The molecule has 6 heteroatoms. The molecule has 0 aliphatic rings. The van der Waals surface area contributed by atoms with Crippen molar-refractivity contribution in [1.29, 1.82) is 0 Å². The molecular weight excluding hydrogens is 348 g/mol. The van der Waals surface area contributed by atoms with Crippen LogP contribution in [0.5, 0.6) is 0 Å². The van der Waals surface area contributed by atoms with E-state index in [1.807, 2.05) is 38.1 Å². The van der Waals surface area contributed by atoms with Gasteiger partial charge in [0.2, 0.25) is 10.0 Å². The van der Waals surface area contributed by atoms with Gasteiger partial charge in [0, 0.05) is 17.8 Å². The van der Waals surface area contributed by atoms with E-state index in [0.717, 1.165) is 12.8 Å². The minimum Gasteiger partial charge on any atom is -0.322 e. The number of rotatable bonds is 8. The molecule has 0 spiro atoms. The van der Waals surface area contributed by atoms with Crippen LogP contribution in [-0.2, 0) is 16.4 Å². The summed E-state index contributed by atoms with van der Waals surface area (Å²) in [7, 11) is -3.62. The van der Waals surface area contributed by atoms with Crippen molar-refractivity contribution in [1.82, 2.24) is 4.72 Å². The van der Waals surface area contributed by atoms with Crippen molar-refractivity contribution in [2.45, 2.75) is 38.5 Å². The second-order valence-corrected chi connectivity index (χ2v) is 8.38. The molecule has 0 saturated carbocycles. The van der Waals surface area contributed by atoms with Crippen LogP contribution in [0.2, 0.25) is 0 Å². The van der Waals surface area contributed by atoms with Crippen LogP contribution >= 0.6 is 0 Å². The topological polar surface area (TPSA) is 75.3 Å². The lowest BCUT2D eigenvalue weighted by molar-refractivity contribution is 0.102. The molecule has 0 aromatic heterocycles. The maximum Gasteiger partial charge on any atom is 0.255 e. The van der Waals surface area contributed by atoms with E-state index in [1.165, 1.54) is 17.7 Å². The Labute approximate surface area is 155 Å². The highest BCUT2D eigenvalue weighted by Crippen LogP contribution is 2.15. The average molecular weight is 375 g/mol. The number of anilines is 1. The van der Waals surface area contributed by atoms with Crippen molar-refractivity contribution in [2.75, 3.05) is 11.9 Å². The molecule has 2 aromatic rings. The second kappa shape index (κ2) is 8.96. The summed E-state index contributed by atoms with van der Waals surface area (Å²) in [5.41, 5.74) is 2.16. The molecule has 2 N–H and O–H groups in total. The summed E-state index contributed by atoms with van der Waals surface area (Å²) in [4.78, 5) is 12.5. The minimum absolute atomic E-state index is 0.0928. The SMILES string of the molecule is CCc1ccc(NC(=O)c2cccc(S(=O)(=O)NCCC(C)C)c2)cc1. The van der Waals surface area contributed by atoms with Crippen molar-refractivity contribution < 1.29 is 13.2 Å². The van der Waals surface area contributed by atoms with Crippen LogP contribution in [0.25, 0.3) is 0 Å². The number of nitrogens with one attached hydrogen (secondary N) is 2. The summed E-state index contributed by atoms with van der Waals surface area (Å²) < 4.78 is 27.3. The van der Waals surface area contributed by atoms with Crippen LogP contribution in [0.3, 0.4) is 0 Å². The lowest BCUT2D eigenvalue weighted by Crippen LogP contribution is -2.26. The van der Waals surface area contributed by atoms with Gasteiger partial charge in [-0.25, -0.2) is 13.1 Å². The van der Waals surface area contributed by atoms with E-state index in [4.69, 9.17) is 0 Å². The van der Waals surface area contributed by atoms with E-state index in [0.29, 0.717) is 23.7 Å². The maximum absolute atomic E-state index is 12.4. The Balaban J connectivity index is 2.10. The first-order chi connectivity index (χ1) is 12.3. The monoisotopic (exact) mass is 374 g/mol. The molecule has 0 heterocycles. The summed E-state index contributed by atoms with van der Waals surface area (Å²) in [5.74, 6) is 0.0717. The summed E-state index contributed by atoms with van der Waals surface area (Å²) in [6.07, 6.45) is 1.69. The van der Waals surface area contributed by atoms with Gasteiger partial charge in [0.05, 0.1) is 4.90 Å². The minimum atomic E-state index is -3.62. The molecular formula is C20H26N2O3S. The van der Waals surface area contributed by atoms with Gasteiger partial charge < -0.3 is 5.32 Å². The predicted molar refractivity (Wildman–Crippen MR) is 105 cm³/mol. The number of sulfonamides is 1. The molecule has 0 aliphatic carbocycles. The fourth-order valence-electron chi connectivity index (χ4n) is 2.40. The third kappa shape index (κ3) is 5.68. The van der Waals surface area contributed by atoms with Gasteiger partial charge in [0.25, 0.3) is 5.91 Å². The number of carbonyl (C=O) groups is 1. The van der Waals surface area contributed by atoms with Gasteiger partial charge in [-0.3, -0.25) is 4.79 Å². The first-order valence-corrected chi connectivity index (χ1v) is 10.3. The van der Waals surface area contributed by atoms with Gasteiger partial charge in [-0.05, 0) is 54.7 Å². The van der Waals surface area contributed by atoms with E-state index < -0.39 is 10.0 Å². The predicted octanol–water partition coefficient (Wildman–Crippen LogP) is 3.83. The Kier molecular flexibility index (Phi) is 6.94. The Hall–Kier alpha value is -2.18. The molecule has 0 fully saturated rings. The van der Waals surface area contributed by atoms with Gasteiger partial charge >= 0.3 is 0 Å². The Morgan fingerprint density at radius 2 is 1.77 bits per heavy atom. The van der Waals surface area contributed by atoms with Crippen molar-refractivity contribution in [3.63, 3.8) is 0 Å². The molecule has 5 nitrogen and oxygen atoms in total. The van der Waals surface area contributed by atoms with Crippen molar-refractivity contribution in [3.8, 4) is 0 Å². The third-order valence-corrected chi connectivity index (χ3v) is 5.50. The zero-order chi connectivity index (χ0) is 19.2. The highest BCUT2D eigenvalue weighted by atomic mass is 32.2. The average Bonchev–Trinajstić information content (AvgIpc) is 2.62. The molecule has 0 bridgehead atoms. The number of benzene rings is 2. The van der Waals surface area contributed by atoms with Gasteiger partial charge in [0.1, 0.15) is 0 Å². The van der Waals surface area contributed by atoms with Crippen LogP contribution in [0.15, 0.2) is 53.4 Å². The molecule has 0 atom stereocenters. The maximum atomic E-state index is 12.4. The fraction of sp³-hybridized carbons (Fsp3) is 0.350. The van der Waals surface area contributed by atoms with E-state index in [-0.39, 0.29) is 10.8 Å². The zero-order valence-electron chi connectivity index (χ0n) is 15.5. The Bertz CT molecular complexity index is 844. The molecule has 2 aromatic carbocycles. The van der Waals surface area contributed by atoms with E-state index >= 15 is 0 Å². The molecule has 140 valence electrons. The van der Waals surface area contributed by atoms with E-state index in [1.54, 1.807) is 12.1 Å². The normalized spacial score (nSPS) is 11.5.